The number of carbonyl (C=O) groups is 1. The van der Waals surface area contributed by atoms with Gasteiger partial charge in [0, 0.05) is 37.3 Å². The molecule has 1 aliphatic heterocycles. The first kappa shape index (κ1) is 23.3. The van der Waals surface area contributed by atoms with Crippen LogP contribution < -0.4 is 10.2 Å². The lowest BCUT2D eigenvalue weighted by Crippen LogP contribution is -2.50. The van der Waals surface area contributed by atoms with Crippen LogP contribution in [-0.4, -0.2) is 62.9 Å². The molecule has 0 unspecified atom stereocenters. The second-order valence-electron chi connectivity index (χ2n) is 10.2. The molecule has 4 rings (SSSR count). The van der Waals surface area contributed by atoms with E-state index in [9.17, 15) is 9.18 Å². The van der Waals surface area contributed by atoms with E-state index < -0.39 is 5.60 Å². The van der Waals surface area contributed by atoms with Gasteiger partial charge in [-0.1, -0.05) is 23.5 Å². The summed E-state index contributed by atoms with van der Waals surface area (Å²) in [6.07, 6.45) is -0.290. The average Bonchev–Trinajstić information content (AvgIpc) is 3.26. The van der Waals surface area contributed by atoms with Crippen molar-refractivity contribution in [2.75, 3.05) is 36.4 Å². The van der Waals surface area contributed by atoms with Crippen molar-refractivity contribution in [3.05, 3.63) is 30.1 Å². The molecule has 10 heteroatoms. The van der Waals surface area contributed by atoms with Gasteiger partial charge in [0.25, 0.3) is 0 Å². The number of amides is 1. The first-order valence-electron chi connectivity index (χ1n) is 11.1. The van der Waals surface area contributed by atoms with Crippen molar-refractivity contribution < 1.29 is 13.9 Å². The highest BCUT2D eigenvalue weighted by Gasteiger charge is 2.29. The van der Waals surface area contributed by atoms with Gasteiger partial charge in [-0.25, -0.2) is 14.2 Å². The molecular formula is C23H31FN6O2S. The van der Waals surface area contributed by atoms with Crippen molar-refractivity contribution >= 4 is 33.3 Å². The average molecular weight is 475 g/mol. The van der Waals surface area contributed by atoms with Crippen molar-refractivity contribution in [1.29, 1.82) is 0 Å². The number of nitrogens with zero attached hydrogens (tertiary/aromatic N) is 5. The predicted octanol–water partition coefficient (Wildman–Crippen LogP) is 4.86. The molecule has 1 aliphatic rings. The van der Waals surface area contributed by atoms with E-state index in [4.69, 9.17) is 14.8 Å². The smallest absolute Gasteiger partial charge is 0.410 e. The lowest BCUT2D eigenvalue weighted by atomic mass is 10.1. The molecule has 1 aromatic carbocycles. The van der Waals surface area contributed by atoms with E-state index in [1.165, 1.54) is 17.4 Å². The largest absolute Gasteiger partial charge is 0.444 e. The highest BCUT2D eigenvalue weighted by molar-refractivity contribution is 7.20. The molecule has 2 aromatic heterocycles. The Bertz CT molecular complexity index is 1150. The summed E-state index contributed by atoms with van der Waals surface area (Å²) in [5.41, 5.74) is 0.206. The summed E-state index contributed by atoms with van der Waals surface area (Å²) < 4.78 is 21.8. The molecule has 0 bridgehead atoms. The summed E-state index contributed by atoms with van der Waals surface area (Å²) in [6.45, 7) is 14.1. The number of nitrogens with one attached hydrogen (secondary N) is 1. The number of aromatic nitrogens is 3. The molecule has 3 heterocycles. The zero-order valence-electron chi connectivity index (χ0n) is 20.0. The maximum Gasteiger partial charge on any atom is 0.410 e. The first-order chi connectivity index (χ1) is 15.4. The third-order valence-electron chi connectivity index (χ3n) is 5.02. The quantitative estimate of drug-likeness (QED) is 0.584. The lowest BCUT2D eigenvalue weighted by molar-refractivity contribution is 0.0240. The Hall–Kier alpha value is -2.88. The van der Waals surface area contributed by atoms with Gasteiger partial charge in [-0.15, -0.1) is 5.10 Å². The highest BCUT2D eigenvalue weighted by atomic mass is 32.1. The fraction of sp³-hybridized carbons (Fsp3) is 0.522. The van der Waals surface area contributed by atoms with Crippen LogP contribution in [-0.2, 0) is 4.74 Å². The van der Waals surface area contributed by atoms with Gasteiger partial charge in [0.2, 0.25) is 10.1 Å². The number of fused-ring (bicyclic) bond motifs is 1. The number of imidazole rings is 1. The minimum Gasteiger partial charge on any atom is -0.444 e. The van der Waals surface area contributed by atoms with E-state index in [1.807, 2.05) is 41.5 Å². The van der Waals surface area contributed by atoms with Gasteiger partial charge in [-0.05, 0) is 53.7 Å². The fourth-order valence-electron chi connectivity index (χ4n) is 3.58. The maximum absolute atomic E-state index is 14.6. The van der Waals surface area contributed by atoms with Crippen LogP contribution in [0.2, 0.25) is 0 Å². The zero-order chi connectivity index (χ0) is 24.0. The van der Waals surface area contributed by atoms with Crippen molar-refractivity contribution in [3.63, 3.8) is 0 Å². The second kappa shape index (κ2) is 8.48. The number of carbonyl (C=O) groups excluding carboxylic acids is 1. The summed E-state index contributed by atoms with van der Waals surface area (Å²) in [6, 6.07) is 6.64. The normalized spacial score (nSPS) is 15.2. The molecule has 0 saturated carbocycles. The van der Waals surface area contributed by atoms with Crippen molar-refractivity contribution in [3.8, 4) is 11.3 Å². The van der Waals surface area contributed by atoms with Crippen LogP contribution in [0.3, 0.4) is 0 Å². The molecule has 3 aromatic rings. The van der Waals surface area contributed by atoms with E-state index in [0.717, 1.165) is 5.13 Å². The van der Waals surface area contributed by atoms with E-state index in [1.54, 1.807) is 27.6 Å². The number of piperazine rings is 1. The van der Waals surface area contributed by atoms with Gasteiger partial charge >= 0.3 is 6.09 Å². The number of rotatable bonds is 3. The minimum absolute atomic E-state index is 0.265. The fourth-order valence-corrected chi connectivity index (χ4v) is 4.53. The van der Waals surface area contributed by atoms with Crippen molar-refractivity contribution in [2.24, 2.45) is 0 Å². The van der Waals surface area contributed by atoms with Crippen LogP contribution in [0, 0.1) is 5.82 Å². The molecule has 8 nitrogen and oxygen atoms in total. The molecule has 0 aliphatic carbocycles. The SMILES string of the molecule is CC(C)(C)Nc1c(-c2ccccc2F)nc2sc(N3CCN(C(=O)OC(C)(C)C)CC3)nn12. The molecule has 0 atom stereocenters. The number of hydrogen-bond donors (Lipinski definition) is 1. The summed E-state index contributed by atoms with van der Waals surface area (Å²) in [7, 11) is 0. The van der Waals surface area contributed by atoms with Gasteiger partial charge in [0.15, 0.2) is 5.82 Å². The Morgan fingerprint density at radius 1 is 1.09 bits per heavy atom. The number of benzene rings is 1. The molecule has 0 radical (unpaired) electrons. The van der Waals surface area contributed by atoms with E-state index >= 15 is 0 Å². The molecule has 1 saturated heterocycles. The van der Waals surface area contributed by atoms with Gasteiger partial charge in [0.05, 0.1) is 0 Å². The third-order valence-corrected chi connectivity index (χ3v) is 5.99. The minimum atomic E-state index is -0.513. The van der Waals surface area contributed by atoms with E-state index in [-0.39, 0.29) is 17.4 Å². The Kier molecular flexibility index (Phi) is 5.98. The highest BCUT2D eigenvalue weighted by Crippen LogP contribution is 2.36. The number of halogens is 1. The van der Waals surface area contributed by atoms with E-state index in [2.05, 4.69) is 10.2 Å². The summed E-state index contributed by atoms with van der Waals surface area (Å²) in [5, 5.41) is 9.07. The molecule has 178 valence electrons. The number of ether oxygens (including phenoxy) is 1. The Morgan fingerprint density at radius 2 is 1.76 bits per heavy atom. The summed E-state index contributed by atoms with van der Waals surface area (Å²) >= 11 is 1.45. The molecule has 33 heavy (non-hydrogen) atoms. The van der Waals surface area contributed by atoms with E-state index in [0.29, 0.717) is 48.2 Å². The van der Waals surface area contributed by atoms with Gasteiger partial charge in [0.1, 0.15) is 17.1 Å². The van der Waals surface area contributed by atoms with Crippen LogP contribution in [0.15, 0.2) is 24.3 Å². The molecule has 0 spiro atoms. The van der Waals surface area contributed by atoms with Crippen molar-refractivity contribution in [2.45, 2.75) is 52.7 Å². The lowest BCUT2D eigenvalue weighted by Gasteiger charge is -2.35. The molecule has 1 fully saturated rings. The van der Waals surface area contributed by atoms with Crippen LogP contribution in [0.25, 0.3) is 16.2 Å². The Morgan fingerprint density at radius 3 is 2.36 bits per heavy atom. The molecule has 1 amide bonds. The zero-order valence-corrected chi connectivity index (χ0v) is 20.8. The van der Waals surface area contributed by atoms with Crippen LogP contribution in [0.1, 0.15) is 41.5 Å². The Balaban J connectivity index is 1.59. The number of anilines is 2. The monoisotopic (exact) mass is 474 g/mol. The maximum atomic E-state index is 14.6. The van der Waals surface area contributed by atoms with Gasteiger partial charge in [-0.3, -0.25) is 0 Å². The van der Waals surface area contributed by atoms with Gasteiger partial charge < -0.3 is 19.9 Å². The van der Waals surface area contributed by atoms with Crippen LogP contribution >= 0.6 is 11.3 Å². The molecular weight excluding hydrogens is 443 g/mol. The topological polar surface area (TPSA) is 75.0 Å². The van der Waals surface area contributed by atoms with Gasteiger partial charge in [-0.2, -0.15) is 4.52 Å². The van der Waals surface area contributed by atoms with Crippen LogP contribution in [0.5, 0.6) is 0 Å². The summed E-state index contributed by atoms with van der Waals surface area (Å²) in [4.78, 5) is 21.6. The second-order valence-corrected chi connectivity index (χ2v) is 11.1. The Labute approximate surface area is 197 Å². The number of hydrogen-bond acceptors (Lipinski definition) is 7. The molecule has 1 N–H and O–H groups in total. The predicted molar refractivity (Wildman–Crippen MR) is 130 cm³/mol. The first-order valence-corrected chi connectivity index (χ1v) is 11.9. The van der Waals surface area contributed by atoms with Crippen LogP contribution in [0.4, 0.5) is 20.1 Å². The third kappa shape index (κ3) is 5.21. The summed E-state index contributed by atoms with van der Waals surface area (Å²) in [5.74, 6) is 0.344. The van der Waals surface area contributed by atoms with Crippen molar-refractivity contribution in [1.82, 2.24) is 19.5 Å². The standard InChI is InChI=1S/C23H31FN6O2S/c1-22(2,3)26-18-17(15-9-7-8-10-16(15)24)25-19-30(18)27-20(33-19)28-11-13-29(14-12-28)21(31)32-23(4,5)6/h7-10,26H,11-14H2,1-6H3.